The normalized spacial score (nSPS) is 26.5. The first-order chi connectivity index (χ1) is 12.9. The molecule has 12 heteroatoms. The molecule has 1 aliphatic heterocycles. The molecule has 0 amide bonds. The number of carboxylic acids is 1. The number of fused-ring (bicyclic) bond motifs is 1. The fourth-order valence-electron chi connectivity index (χ4n) is 2.99. The molecule has 0 unspecified atom stereocenters. The highest BCUT2D eigenvalue weighted by molar-refractivity contribution is 7.98. The highest BCUT2D eigenvalue weighted by Crippen LogP contribution is 2.31. The maximum absolute atomic E-state index is 11.3. The Balaban J connectivity index is 1.71. The second kappa shape index (κ2) is 8.35. The first kappa shape index (κ1) is 19.8. The van der Waals surface area contributed by atoms with Crippen molar-refractivity contribution >= 4 is 34.7 Å². The highest BCUT2D eigenvalue weighted by atomic mass is 32.2. The number of imidazole rings is 1. The van der Waals surface area contributed by atoms with Gasteiger partial charge in [-0.1, -0.05) is 0 Å². The highest BCUT2D eigenvalue weighted by Gasteiger charge is 2.44. The molecule has 2 aromatic rings. The van der Waals surface area contributed by atoms with Gasteiger partial charge in [0.15, 0.2) is 17.7 Å². The second-order valence-corrected chi connectivity index (χ2v) is 7.20. The van der Waals surface area contributed by atoms with Crippen LogP contribution in [-0.4, -0.2) is 83.7 Å². The molecular weight excluding hydrogens is 376 g/mol. The summed E-state index contributed by atoms with van der Waals surface area (Å²) in [6.07, 6.45) is 0.858. The molecule has 0 aliphatic carbocycles. The zero-order valence-electron chi connectivity index (χ0n) is 14.6. The summed E-state index contributed by atoms with van der Waals surface area (Å²) in [5.41, 5.74) is 6.50. The fourth-order valence-corrected chi connectivity index (χ4v) is 3.46. The van der Waals surface area contributed by atoms with Gasteiger partial charge < -0.3 is 31.1 Å². The maximum Gasteiger partial charge on any atom is 0.320 e. The number of aliphatic carboxylic acids is 1. The van der Waals surface area contributed by atoms with E-state index in [1.54, 1.807) is 11.8 Å². The summed E-state index contributed by atoms with van der Waals surface area (Å²) >= 11 is 1.55. The van der Waals surface area contributed by atoms with Gasteiger partial charge in [-0.3, -0.25) is 9.36 Å². The lowest BCUT2D eigenvalue weighted by molar-refractivity contribution is -0.139. The van der Waals surface area contributed by atoms with E-state index in [-0.39, 0.29) is 12.4 Å². The standard InChI is InChI=1S/C15H22N6O5S/c1-27-3-2-7(15(24)25)17-4-8-10(22)11(23)14(26-8)21-6-20-9-12(16)18-5-19-13(9)21/h5-8,10-11,14,17,22-23H,2-4H2,1H3,(H,24,25)(H2,16,18,19)/t7-,8-,10-,11-,14-/m1/s1. The molecule has 3 heterocycles. The average molecular weight is 398 g/mol. The lowest BCUT2D eigenvalue weighted by atomic mass is 10.1. The van der Waals surface area contributed by atoms with Crippen LogP contribution < -0.4 is 11.1 Å². The van der Waals surface area contributed by atoms with Gasteiger partial charge in [-0.2, -0.15) is 11.8 Å². The van der Waals surface area contributed by atoms with Gasteiger partial charge in [-0.25, -0.2) is 15.0 Å². The molecule has 1 fully saturated rings. The van der Waals surface area contributed by atoms with E-state index in [9.17, 15) is 20.1 Å². The quantitative estimate of drug-likeness (QED) is 0.363. The van der Waals surface area contributed by atoms with Crippen molar-refractivity contribution in [2.75, 3.05) is 24.3 Å². The molecule has 5 atom stereocenters. The van der Waals surface area contributed by atoms with Gasteiger partial charge in [0.25, 0.3) is 0 Å². The van der Waals surface area contributed by atoms with Crippen LogP contribution in [0.2, 0.25) is 0 Å². The number of carbonyl (C=O) groups is 1. The number of anilines is 1. The van der Waals surface area contributed by atoms with Crippen molar-refractivity contribution in [2.45, 2.75) is 37.0 Å². The number of aliphatic hydroxyl groups is 2. The van der Waals surface area contributed by atoms with Crippen molar-refractivity contribution < 1.29 is 24.9 Å². The largest absolute Gasteiger partial charge is 0.480 e. The van der Waals surface area contributed by atoms with E-state index in [1.165, 1.54) is 17.2 Å². The first-order valence-electron chi connectivity index (χ1n) is 8.33. The SMILES string of the molecule is CSCC[C@@H](NC[C@H]1O[C@@H](n2cnc3c(N)ncnc32)[C@H](O)[C@@H]1O)C(=O)O. The average Bonchev–Trinajstić information content (AvgIpc) is 3.18. The van der Waals surface area contributed by atoms with Crippen LogP contribution in [0.15, 0.2) is 12.7 Å². The van der Waals surface area contributed by atoms with Crippen LogP contribution in [0.1, 0.15) is 12.6 Å². The molecule has 0 aromatic carbocycles. The van der Waals surface area contributed by atoms with E-state index in [2.05, 4.69) is 20.3 Å². The fraction of sp³-hybridized carbons (Fsp3) is 0.600. The number of hydrogen-bond acceptors (Lipinski definition) is 10. The molecule has 6 N–H and O–H groups in total. The topological polar surface area (TPSA) is 169 Å². The van der Waals surface area contributed by atoms with Crippen molar-refractivity contribution in [2.24, 2.45) is 0 Å². The molecule has 0 spiro atoms. The third-order valence-corrected chi connectivity index (χ3v) is 5.12. The van der Waals surface area contributed by atoms with Gasteiger partial charge in [0, 0.05) is 6.54 Å². The van der Waals surface area contributed by atoms with E-state index in [0.29, 0.717) is 23.3 Å². The predicted molar refractivity (Wildman–Crippen MR) is 98.1 cm³/mol. The number of nitrogen functional groups attached to an aromatic ring is 1. The minimum absolute atomic E-state index is 0.0732. The van der Waals surface area contributed by atoms with E-state index < -0.39 is 36.6 Å². The summed E-state index contributed by atoms with van der Waals surface area (Å²) in [5.74, 6) is -0.0876. The third-order valence-electron chi connectivity index (χ3n) is 4.47. The zero-order chi connectivity index (χ0) is 19.6. The minimum Gasteiger partial charge on any atom is -0.480 e. The van der Waals surface area contributed by atoms with Crippen LogP contribution >= 0.6 is 11.8 Å². The second-order valence-electron chi connectivity index (χ2n) is 6.21. The maximum atomic E-state index is 11.3. The summed E-state index contributed by atoms with van der Waals surface area (Å²) < 4.78 is 7.25. The Morgan fingerprint density at radius 1 is 1.41 bits per heavy atom. The van der Waals surface area contributed by atoms with Crippen molar-refractivity contribution in [3.05, 3.63) is 12.7 Å². The minimum atomic E-state index is -1.24. The molecule has 2 aromatic heterocycles. The predicted octanol–water partition coefficient (Wildman–Crippen LogP) is -1.18. The van der Waals surface area contributed by atoms with Gasteiger partial charge in [-0.15, -0.1) is 0 Å². The summed E-state index contributed by atoms with van der Waals surface area (Å²) in [6.45, 7) is 0.0732. The van der Waals surface area contributed by atoms with E-state index >= 15 is 0 Å². The number of nitrogens with two attached hydrogens (primary N) is 1. The summed E-state index contributed by atoms with van der Waals surface area (Å²) in [5, 5.41) is 32.9. The molecule has 0 bridgehead atoms. The Bertz CT molecular complexity index is 804. The Hall–Kier alpha value is -1.99. The molecule has 0 saturated carbocycles. The number of carboxylic acid groups (broad SMARTS) is 1. The number of aliphatic hydroxyl groups excluding tert-OH is 2. The third kappa shape index (κ3) is 3.99. The van der Waals surface area contributed by atoms with Gasteiger partial charge in [-0.05, 0) is 18.4 Å². The Morgan fingerprint density at radius 2 is 2.19 bits per heavy atom. The molecule has 0 radical (unpaired) electrons. The van der Waals surface area contributed by atoms with Crippen molar-refractivity contribution in [3.8, 4) is 0 Å². The van der Waals surface area contributed by atoms with Gasteiger partial charge in [0.2, 0.25) is 0 Å². The number of hydrogen-bond donors (Lipinski definition) is 5. The number of thioether (sulfide) groups is 1. The Labute approximate surface area is 159 Å². The molecule has 1 saturated heterocycles. The smallest absolute Gasteiger partial charge is 0.320 e. The van der Waals surface area contributed by atoms with Crippen LogP contribution in [-0.2, 0) is 9.53 Å². The number of rotatable bonds is 8. The van der Waals surface area contributed by atoms with Crippen LogP contribution in [0, 0.1) is 0 Å². The monoisotopic (exact) mass is 398 g/mol. The molecule has 148 valence electrons. The van der Waals surface area contributed by atoms with E-state index in [4.69, 9.17) is 10.5 Å². The van der Waals surface area contributed by atoms with Crippen molar-refractivity contribution in [1.29, 1.82) is 0 Å². The van der Waals surface area contributed by atoms with Crippen LogP contribution in [0.5, 0.6) is 0 Å². The van der Waals surface area contributed by atoms with Crippen LogP contribution in [0.25, 0.3) is 11.2 Å². The number of nitrogens with zero attached hydrogens (tertiary/aromatic N) is 4. The molecule has 27 heavy (non-hydrogen) atoms. The lowest BCUT2D eigenvalue weighted by Gasteiger charge is -2.19. The van der Waals surface area contributed by atoms with Crippen molar-refractivity contribution in [3.63, 3.8) is 0 Å². The Kier molecular flexibility index (Phi) is 6.11. The first-order valence-corrected chi connectivity index (χ1v) is 9.73. The number of aromatic nitrogens is 4. The molecule has 3 rings (SSSR count). The molecule has 1 aliphatic rings. The summed E-state index contributed by atoms with van der Waals surface area (Å²) in [6, 6.07) is -0.758. The van der Waals surface area contributed by atoms with Crippen LogP contribution in [0.3, 0.4) is 0 Å². The zero-order valence-corrected chi connectivity index (χ0v) is 15.4. The van der Waals surface area contributed by atoms with Gasteiger partial charge in [0.05, 0.1) is 6.33 Å². The number of ether oxygens (including phenoxy) is 1. The van der Waals surface area contributed by atoms with Crippen LogP contribution in [0.4, 0.5) is 5.82 Å². The lowest BCUT2D eigenvalue weighted by Crippen LogP contribution is -2.44. The van der Waals surface area contributed by atoms with Crippen molar-refractivity contribution in [1.82, 2.24) is 24.8 Å². The molecule has 11 nitrogen and oxygen atoms in total. The summed E-state index contributed by atoms with van der Waals surface area (Å²) in [4.78, 5) is 23.4. The number of nitrogens with one attached hydrogen (secondary N) is 1. The van der Waals surface area contributed by atoms with Gasteiger partial charge in [0.1, 0.15) is 36.2 Å². The molecular formula is C15H22N6O5S. The van der Waals surface area contributed by atoms with E-state index in [1.807, 2.05) is 6.26 Å². The van der Waals surface area contributed by atoms with Gasteiger partial charge >= 0.3 is 5.97 Å². The summed E-state index contributed by atoms with van der Waals surface area (Å²) in [7, 11) is 0. The van der Waals surface area contributed by atoms with E-state index in [0.717, 1.165) is 0 Å². The Morgan fingerprint density at radius 3 is 2.89 bits per heavy atom.